The Bertz CT molecular complexity index is 874. The van der Waals surface area contributed by atoms with Gasteiger partial charge in [-0.25, -0.2) is 4.79 Å². The molecule has 0 radical (unpaired) electrons. The van der Waals surface area contributed by atoms with Gasteiger partial charge in [0.15, 0.2) is 5.11 Å². The molecule has 1 heterocycles. The molecule has 0 bridgehead atoms. The summed E-state index contributed by atoms with van der Waals surface area (Å²) >= 11 is 4.88. The summed E-state index contributed by atoms with van der Waals surface area (Å²) in [5, 5.41) is 5.53. The smallest absolute Gasteiger partial charge is 0.343 e. The summed E-state index contributed by atoms with van der Waals surface area (Å²) in [7, 11) is 0. The summed E-state index contributed by atoms with van der Waals surface area (Å²) < 4.78 is 5.39. The number of amides is 1. The van der Waals surface area contributed by atoms with Crippen LogP contribution in [0.15, 0.2) is 54.2 Å². The number of carbonyl (C=O) groups excluding carboxylic acids is 2. The normalized spacial score (nSPS) is 15.1. The minimum atomic E-state index is -0.429. The van der Waals surface area contributed by atoms with Crippen molar-refractivity contribution in [2.75, 3.05) is 0 Å². The molecule has 0 spiro atoms. The van der Waals surface area contributed by atoms with Crippen LogP contribution in [0, 0.1) is 6.92 Å². The highest BCUT2D eigenvalue weighted by atomic mass is 32.1. The van der Waals surface area contributed by atoms with Crippen LogP contribution < -0.4 is 15.4 Å². The van der Waals surface area contributed by atoms with Gasteiger partial charge >= 0.3 is 5.97 Å². The Labute approximate surface area is 144 Å². The highest BCUT2D eigenvalue weighted by Gasteiger charge is 2.19. The lowest BCUT2D eigenvalue weighted by molar-refractivity contribution is -0.115. The van der Waals surface area contributed by atoms with Crippen LogP contribution >= 0.6 is 12.2 Å². The summed E-state index contributed by atoms with van der Waals surface area (Å²) in [4.78, 5) is 23.8. The Balaban J connectivity index is 1.78. The third-order valence-corrected chi connectivity index (χ3v) is 3.56. The first-order valence-corrected chi connectivity index (χ1v) is 7.65. The summed E-state index contributed by atoms with van der Waals surface area (Å²) in [5.74, 6) is -0.319. The summed E-state index contributed by atoms with van der Waals surface area (Å²) in [5.41, 5.74) is 2.53. The minimum absolute atomic E-state index is 0.272. The number of hydrogen-bond acceptors (Lipinski definition) is 4. The quantitative estimate of drug-likeness (QED) is 0.390. The van der Waals surface area contributed by atoms with Crippen molar-refractivity contribution in [1.29, 1.82) is 0 Å². The largest absolute Gasteiger partial charge is 0.423 e. The molecular formula is C18H14N2O3S. The maximum absolute atomic E-state index is 12.2. The van der Waals surface area contributed by atoms with Gasteiger partial charge in [0.2, 0.25) is 0 Å². The van der Waals surface area contributed by atoms with E-state index in [0.29, 0.717) is 22.6 Å². The molecule has 0 aromatic heterocycles. The van der Waals surface area contributed by atoms with Gasteiger partial charge in [-0.2, -0.15) is 0 Å². The van der Waals surface area contributed by atoms with E-state index in [1.807, 2.05) is 13.0 Å². The van der Waals surface area contributed by atoms with Gasteiger partial charge in [-0.1, -0.05) is 29.8 Å². The molecule has 2 N–H and O–H groups in total. The summed E-state index contributed by atoms with van der Waals surface area (Å²) in [6.45, 7) is 1.91. The first-order valence-electron chi connectivity index (χ1n) is 7.24. The average Bonchev–Trinajstić information content (AvgIpc) is 2.85. The van der Waals surface area contributed by atoms with Gasteiger partial charge < -0.3 is 10.1 Å². The second kappa shape index (κ2) is 6.64. The molecule has 1 amide bonds. The molecule has 3 rings (SSSR count). The lowest BCUT2D eigenvalue weighted by Gasteiger charge is -2.06. The maximum atomic E-state index is 12.2. The fraction of sp³-hybridized carbons (Fsp3) is 0.0556. The Hall–Kier alpha value is -2.99. The molecule has 2 aromatic carbocycles. The molecule has 1 aliphatic heterocycles. The number of hydrogen-bond donors (Lipinski definition) is 2. The molecule has 1 fully saturated rings. The van der Waals surface area contributed by atoms with Crippen LogP contribution in [-0.4, -0.2) is 17.0 Å². The first kappa shape index (κ1) is 15.9. The fourth-order valence-electron chi connectivity index (χ4n) is 2.25. The van der Waals surface area contributed by atoms with Crippen molar-refractivity contribution in [3.63, 3.8) is 0 Å². The van der Waals surface area contributed by atoms with Gasteiger partial charge in [-0.3, -0.25) is 10.1 Å². The molecule has 120 valence electrons. The third-order valence-electron chi connectivity index (χ3n) is 3.35. The molecule has 0 atom stereocenters. The van der Waals surface area contributed by atoms with E-state index in [-0.39, 0.29) is 11.0 Å². The van der Waals surface area contributed by atoms with Crippen molar-refractivity contribution in [1.82, 2.24) is 10.6 Å². The van der Waals surface area contributed by atoms with Gasteiger partial charge in [0, 0.05) is 0 Å². The van der Waals surface area contributed by atoms with Crippen molar-refractivity contribution >= 4 is 35.3 Å². The molecule has 0 saturated carbocycles. The number of rotatable bonds is 3. The zero-order chi connectivity index (χ0) is 17.1. The van der Waals surface area contributed by atoms with Crippen LogP contribution in [0.4, 0.5) is 0 Å². The van der Waals surface area contributed by atoms with E-state index >= 15 is 0 Å². The van der Waals surface area contributed by atoms with E-state index in [1.165, 1.54) is 0 Å². The molecule has 24 heavy (non-hydrogen) atoms. The third kappa shape index (κ3) is 3.67. The van der Waals surface area contributed by atoms with Crippen molar-refractivity contribution in [2.45, 2.75) is 6.92 Å². The molecule has 1 aliphatic rings. The van der Waals surface area contributed by atoms with Crippen LogP contribution in [0.2, 0.25) is 0 Å². The van der Waals surface area contributed by atoms with Crippen molar-refractivity contribution < 1.29 is 14.3 Å². The molecule has 2 aromatic rings. The van der Waals surface area contributed by atoms with Gasteiger partial charge in [0.1, 0.15) is 11.4 Å². The van der Waals surface area contributed by atoms with Gasteiger partial charge in [0.25, 0.3) is 5.91 Å². The summed E-state index contributed by atoms with van der Waals surface area (Å²) in [6, 6.07) is 14.1. The van der Waals surface area contributed by atoms with Crippen LogP contribution in [0.25, 0.3) is 6.08 Å². The van der Waals surface area contributed by atoms with Gasteiger partial charge in [-0.15, -0.1) is 0 Å². The zero-order valence-electron chi connectivity index (χ0n) is 12.8. The number of nitrogens with one attached hydrogen (secondary N) is 2. The second-order valence-electron chi connectivity index (χ2n) is 5.30. The summed E-state index contributed by atoms with van der Waals surface area (Å²) in [6.07, 6.45) is 1.64. The lowest BCUT2D eigenvalue weighted by Crippen LogP contribution is -2.21. The van der Waals surface area contributed by atoms with E-state index in [4.69, 9.17) is 17.0 Å². The zero-order valence-corrected chi connectivity index (χ0v) is 13.6. The van der Waals surface area contributed by atoms with Crippen LogP contribution in [-0.2, 0) is 4.79 Å². The molecule has 0 aliphatic carbocycles. The molecule has 6 heteroatoms. The molecular weight excluding hydrogens is 324 g/mol. The lowest BCUT2D eigenvalue weighted by atomic mass is 10.1. The van der Waals surface area contributed by atoms with Gasteiger partial charge in [-0.05, 0) is 55.0 Å². The number of thiocarbonyl (C=S) groups is 1. The predicted molar refractivity (Wildman–Crippen MR) is 94.4 cm³/mol. The van der Waals surface area contributed by atoms with Crippen molar-refractivity contribution in [2.24, 2.45) is 0 Å². The van der Waals surface area contributed by atoms with E-state index in [0.717, 1.165) is 5.56 Å². The Morgan fingerprint density at radius 1 is 1.12 bits per heavy atom. The Morgan fingerprint density at radius 2 is 1.92 bits per heavy atom. The van der Waals surface area contributed by atoms with Crippen LogP contribution in [0.3, 0.4) is 0 Å². The Kier molecular flexibility index (Phi) is 4.39. The standard InChI is InChI=1S/C18H14N2O3S/c1-11-4-2-6-13(8-11)17(22)23-14-7-3-5-12(9-14)10-15-16(21)20-18(24)19-15/h2-10H,1H3,(H2,19,20,21,24)/b15-10-. The number of esters is 1. The molecule has 1 saturated heterocycles. The number of carbonyl (C=O) groups is 2. The highest BCUT2D eigenvalue weighted by Crippen LogP contribution is 2.18. The highest BCUT2D eigenvalue weighted by molar-refractivity contribution is 7.80. The molecule has 5 nitrogen and oxygen atoms in total. The van der Waals surface area contributed by atoms with Crippen LogP contribution in [0.1, 0.15) is 21.5 Å². The number of ether oxygens (including phenoxy) is 1. The van der Waals surface area contributed by atoms with Crippen molar-refractivity contribution in [3.05, 3.63) is 70.9 Å². The van der Waals surface area contributed by atoms with Crippen LogP contribution in [0.5, 0.6) is 5.75 Å². The Morgan fingerprint density at radius 3 is 2.62 bits per heavy atom. The van der Waals surface area contributed by atoms with E-state index < -0.39 is 5.97 Å². The topological polar surface area (TPSA) is 67.4 Å². The fourth-order valence-corrected chi connectivity index (χ4v) is 2.46. The predicted octanol–water partition coefficient (Wildman–Crippen LogP) is 2.56. The van der Waals surface area contributed by atoms with Crippen molar-refractivity contribution in [3.8, 4) is 5.75 Å². The second-order valence-corrected chi connectivity index (χ2v) is 5.71. The number of aryl methyl sites for hydroxylation is 1. The number of benzene rings is 2. The monoisotopic (exact) mass is 338 g/mol. The molecule has 0 unspecified atom stereocenters. The van der Waals surface area contributed by atoms with E-state index in [1.54, 1.807) is 48.5 Å². The van der Waals surface area contributed by atoms with E-state index in [9.17, 15) is 9.59 Å². The first-order chi connectivity index (χ1) is 11.5. The van der Waals surface area contributed by atoms with E-state index in [2.05, 4.69) is 10.6 Å². The minimum Gasteiger partial charge on any atom is -0.423 e. The average molecular weight is 338 g/mol. The maximum Gasteiger partial charge on any atom is 0.343 e. The SMILES string of the molecule is Cc1cccc(C(=O)Oc2cccc(/C=C3\NC(=S)NC3=O)c2)c1. The van der Waals surface area contributed by atoms with Gasteiger partial charge in [0.05, 0.1) is 5.56 Å².